The molecule has 0 radical (unpaired) electrons. The molecule has 6 heteroatoms. The summed E-state index contributed by atoms with van der Waals surface area (Å²) in [6.45, 7) is 2.51. The van der Waals surface area contributed by atoms with Crippen LogP contribution in [0.25, 0.3) is 10.8 Å². The van der Waals surface area contributed by atoms with E-state index >= 15 is 0 Å². The van der Waals surface area contributed by atoms with Gasteiger partial charge in [0.25, 0.3) is 0 Å². The zero-order valence-corrected chi connectivity index (χ0v) is 10.9. The lowest BCUT2D eigenvalue weighted by Crippen LogP contribution is -2.02. The monoisotopic (exact) mass is 281 g/mol. The number of carboxylic acids is 1. The normalized spacial score (nSPS) is 10.6. The van der Waals surface area contributed by atoms with Crippen LogP contribution in [0.2, 0.25) is 5.15 Å². The first-order valence-electron chi connectivity index (χ1n) is 5.73. The summed E-state index contributed by atoms with van der Waals surface area (Å²) in [6, 6.07) is 4.90. The van der Waals surface area contributed by atoms with Gasteiger partial charge in [-0.25, -0.2) is 9.78 Å². The zero-order chi connectivity index (χ0) is 14.0. The molecule has 2 aromatic rings. The van der Waals surface area contributed by atoms with Crippen molar-refractivity contribution < 1.29 is 19.7 Å². The van der Waals surface area contributed by atoms with Gasteiger partial charge in [-0.3, -0.25) is 0 Å². The average Bonchev–Trinajstić information content (AvgIpc) is 2.40. The summed E-state index contributed by atoms with van der Waals surface area (Å²) >= 11 is 5.91. The molecule has 1 aromatic carbocycles. The molecule has 0 saturated heterocycles. The maximum absolute atomic E-state index is 11.0. The summed E-state index contributed by atoms with van der Waals surface area (Å²) in [5.74, 6) is -1.20. The van der Waals surface area contributed by atoms with Gasteiger partial charge in [-0.05, 0) is 24.6 Å². The van der Waals surface area contributed by atoms with E-state index < -0.39 is 17.4 Å². The molecule has 100 valence electrons. The van der Waals surface area contributed by atoms with Gasteiger partial charge < -0.3 is 14.9 Å². The summed E-state index contributed by atoms with van der Waals surface area (Å²) in [5.41, 5.74) is -0.467. The highest BCUT2D eigenvalue weighted by Crippen LogP contribution is 2.34. The second kappa shape index (κ2) is 5.32. The van der Waals surface area contributed by atoms with Crippen LogP contribution in [0, 0.1) is 0 Å². The van der Waals surface area contributed by atoms with Crippen LogP contribution in [-0.2, 0) is 0 Å². The molecule has 0 bridgehead atoms. The van der Waals surface area contributed by atoms with E-state index in [1.807, 2.05) is 6.92 Å². The molecule has 0 fully saturated rings. The minimum Gasteiger partial charge on any atom is -0.505 e. The quantitative estimate of drug-likeness (QED) is 0.842. The third-order valence-corrected chi connectivity index (χ3v) is 2.87. The number of carboxylic acid groups (broad SMARTS) is 1. The number of rotatable bonds is 4. The summed E-state index contributed by atoms with van der Waals surface area (Å²) in [5, 5.41) is 19.7. The van der Waals surface area contributed by atoms with E-state index in [0.717, 1.165) is 6.42 Å². The molecular formula is C13H12ClNO4. The summed E-state index contributed by atoms with van der Waals surface area (Å²) in [7, 11) is 0. The maximum Gasteiger partial charge on any atom is 0.358 e. The molecule has 1 heterocycles. The first-order valence-corrected chi connectivity index (χ1v) is 6.10. The highest BCUT2D eigenvalue weighted by atomic mass is 35.5. The van der Waals surface area contributed by atoms with Crippen molar-refractivity contribution in [1.82, 2.24) is 4.98 Å². The van der Waals surface area contributed by atoms with Gasteiger partial charge in [-0.1, -0.05) is 18.5 Å². The van der Waals surface area contributed by atoms with Crippen molar-refractivity contribution >= 4 is 28.3 Å². The molecule has 2 rings (SSSR count). The molecule has 2 N–H and O–H groups in total. The Kier molecular flexibility index (Phi) is 3.76. The van der Waals surface area contributed by atoms with Crippen molar-refractivity contribution in [3.8, 4) is 11.5 Å². The topological polar surface area (TPSA) is 79.7 Å². The first kappa shape index (κ1) is 13.4. The number of benzene rings is 1. The Labute approximate surface area is 114 Å². The predicted octanol–water partition coefficient (Wildman–Crippen LogP) is 3.08. The standard InChI is InChI=1S/C13H12ClNO4/c1-2-5-19-7-3-4-8-9(6-7)11(16)10(13(17)18)15-12(8)14/h3-4,6,16H,2,5H2,1H3,(H,17,18). The van der Waals surface area contributed by atoms with Gasteiger partial charge in [0.05, 0.1) is 6.61 Å². The summed E-state index contributed by atoms with van der Waals surface area (Å²) in [6.07, 6.45) is 0.849. The van der Waals surface area contributed by atoms with Crippen molar-refractivity contribution in [3.05, 3.63) is 29.0 Å². The number of aromatic carboxylic acids is 1. The van der Waals surface area contributed by atoms with E-state index in [1.165, 1.54) is 0 Å². The molecule has 5 nitrogen and oxygen atoms in total. The minimum atomic E-state index is -1.33. The Morgan fingerprint density at radius 2 is 2.16 bits per heavy atom. The van der Waals surface area contributed by atoms with Crippen molar-refractivity contribution in [3.63, 3.8) is 0 Å². The third-order valence-electron chi connectivity index (χ3n) is 2.58. The Bertz CT molecular complexity index is 642. The van der Waals surface area contributed by atoms with Gasteiger partial charge in [-0.2, -0.15) is 0 Å². The largest absolute Gasteiger partial charge is 0.505 e. The molecule has 0 aliphatic rings. The van der Waals surface area contributed by atoms with Gasteiger partial charge in [0.1, 0.15) is 10.9 Å². The van der Waals surface area contributed by atoms with Crippen LogP contribution in [0.1, 0.15) is 23.8 Å². The molecule has 0 amide bonds. The molecular weight excluding hydrogens is 270 g/mol. The van der Waals surface area contributed by atoms with Crippen LogP contribution in [0.15, 0.2) is 18.2 Å². The van der Waals surface area contributed by atoms with Gasteiger partial charge in [0, 0.05) is 10.8 Å². The highest BCUT2D eigenvalue weighted by Gasteiger charge is 2.18. The molecule has 0 atom stereocenters. The molecule has 0 unspecified atom stereocenters. The van der Waals surface area contributed by atoms with Crippen LogP contribution in [0.5, 0.6) is 11.5 Å². The number of carbonyl (C=O) groups is 1. The number of nitrogens with zero attached hydrogens (tertiary/aromatic N) is 1. The van der Waals surface area contributed by atoms with Gasteiger partial charge in [-0.15, -0.1) is 0 Å². The van der Waals surface area contributed by atoms with Crippen LogP contribution in [0.3, 0.4) is 0 Å². The number of halogens is 1. The molecule has 0 aliphatic heterocycles. The van der Waals surface area contributed by atoms with Crippen molar-refractivity contribution in [1.29, 1.82) is 0 Å². The highest BCUT2D eigenvalue weighted by molar-refractivity contribution is 6.34. The van der Waals surface area contributed by atoms with E-state index in [0.29, 0.717) is 23.1 Å². The number of pyridine rings is 1. The SMILES string of the molecule is CCCOc1ccc2c(Cl)nc(C(=O)O)c(O)c2c1. The van der Waals surface area contributed by atoms with Gasteiger partial charge >= 0.3 is 5.97 Å². The Hall–Kier alpha value is -2.01. The summed E-state index contributed by atoms with van der Waals surface area (Å²) in [4.78, 5) is 14.6. The number of ether oxygens (including phenoxy) is 1. The fourth-order valence-electron chi connectivity index (χ4n) is 1.70. The number of hydrogen-bond acceptors (Lipinski definition) is 4. The lowest BCUT2D eigenvalue weighted by atomic mass is 10.1. The van der Waals surface area contributed by atoms with Crippen molar-refractivity contribution in [2.75, 3.05) is 6.61 Å². The molecule has 0 saturated carbocycles. The zero-order valence-electron chi connectivity index (χ0n) is 10.2. The molecule has 19 heavy (non-hydrogen) atoms. The van der Waals surface area contributed by atoms with Crippen LogP contribution in [-0.4, -0.2) is 27.8 Å². The van der Waals surface area contributed by atoms with E-state index in [2.05, 4.69) is 4.98 Å². The smallest absolute Gasteiger partial charge is 0.358 e. The Balaban J connectivity index is 2.62. The van der Waals surface area contributed by atoms with E-state index in [4.69, 9.17) is 21.4 Å². The lowest BCUT2D eigenvalue weighted by molar-refractivity contribution is 0.0687. The van der Waals surface area contributed by atoms with Crippen LogP contribution < -0.4 is 4.74 Å². The van der Waals surface area contributed by atoms with Gasteiger partial charge in [0.15, 0.2) is 11.4 Å². The van der Waals surface area contributed by atoms with E-state index in [1.54, 1.807) is 18.2 Å². The fourth-order valence-corrected chi connectivity index (χ4v) is 1.95. The van der Waals surface area contributed by atoms with Crippen LogP contribution >= 0.6 is 11.6 Å². The van der Waals surface area contributed by atoms with Crippen molar-refractivity contribution in [2.24, 2.45) is 0 Å². The minimum absolute atomic E-state index is 0.0345. The molecule has 0 spiro atoms. The third kappa shape index (κ3) is 2.56. The van der Waals surface area contributed by atoms with Crippen molar-refractivity contribution in [2.45, 2.75) is 13.3 Å². The van der Waals surface area contributed by atoms with E-state index in [9.17, 15) is 9.90 Å². The number of fused-ring (bicyclic) bond motifs is 1. The number of aromatic nitrogens is 1. The molecule has 0 aliphatic carbocycles. The van der Waals surface area contributed by atoms with Crippen LogP contribution in [0.4, 0.5) is 0 Å². The Morgan fingerprint density at radius 3 is 2.79 bits per heavy atom. The second-order valence-corrected chi connectivity index (χ2v) is 4.32. The first-order chi connectivity index (χ1) is 9.04. The number of aromatic hydroxyl groups is 1. The summed E-state index contributed by atoms with van der Waals surface area (Å²) < 4.78 is 5.44. The molecule has 1 aromatic heterocycles. The second-order valence-electron chi connectivity index (χ2n) is 3.96. The Morgan fingerprint density at radius 1 is 1.42 bits per heavy atom. The van der Waals surface area contributed by atoms with E-state index in [-0.39, 0.29) is 5.15 Å². The average molecular weight is 282 g/mol. The maximum atomic E-state index is 11.0. The number of hydrogen-bond donors (Lipinski definition) is 2. The lowest BCUT2D eigenvalue weighted by Gasteiger charge is -2.09. The van der Waals surface area contributed by atoms with Gasteiger partial charge in [0.2, 0.25) is 0 Å². The predicted molar refractivity (Wildman–Crippen MR) is 71.2 cm³/mol. The fraction of sp³-hybridized carbons (Fsp3) is 0.231.